The van der Waals surface area contributed by atoms with Gasteiger partial charge < -0.3 is 15.2 Å². The Hall–Kier alpha value is -1.54. The van der Waals surface area contributed by atoms with Gasteiger partial charge in [-0.1, -0.05) is 0 Å². The van der Waals surface area contributed by atoms with E-state index >= 15 is 0 Å². The van der Waals surface area contributed by atoms with Crippen LogP contribution in [0, 0.1) is 0 Å². The van der Waals surface area contributed by atoms with Crippen LogP contribution in [-0.4, -0.2) is 43.1 Å². The van der Waals surface area contributed by atoms with E-state index in [-0.39, 0.29) is 17.7 Å². The number of hydrogen-bond acceptors (Lipinski definition) is 5. The molecule has 0 aromatic carbocycles. The molecule has 3 N–H and O–H groups in total. The van der Waals surface area contributed by atoms with Crippen molar-refractivity contribution in [2.24, 2.45) is 5.84 Å². The van der Waals surface area contributed by atoms with Gasteiger partial charge in [0.25, 0.3) is 0 Å². The molecule has 0 radical (unpaired) electrons. The SMILES string of the molecule is CN1CCCC(N(C)c2cc(C(F)(F)F)cc(NN)n2)C1. The van der Waals surface area contributed by atoms with Gasteiger partial charge >= 0.3 is 6.18 Å². The molecule has 5 nitrogen and oxygen atoms in total. The lowest BCUT2D eigenvalue weighted by Crippen LogP contribution is -2.45. The standard InChI is InChI=1S/C13H20F3N5/c1-20-5-3-4-10(8-20)21(2)12-7-9(13(14,15)16)6-11(18-12)19-17/h6-7,10H,3-5,8,17H2,1-2H3,(H,18,19). The number of likely N-dealkylation sites (N-methyl/N-ethyl adjacent to an activating group) is 2. The second kappa shape index (κ2) is 6.07. The molecule has 1 aromatic rings. The van der Waals surface area contributed by atoms with Gasteiger partial charge in [0.2, 0.25) is 0 Å². The summed E-state index contributed by atoms with van der Waals surface area (Å²) in [6, 6.07) is 2.12. The summed E-state index contributed by atoms with van der Waals surface area (Å²) in [6.45, 7) is 1.82. The number of piperidine rings is 1. The normalized spacial score (nSPS) is 20.4. The highest BCUT2D eigenvalue weighted by molar-refractivity contribution is 5.51. The van der Waals surface area contributed by atoms with Crippen LogP contribution in [0.4, 0.5) is 24.8 Å². The number of aromatic nitrogens is 1. The van der Waals surface area contributed by atoms with E-state index in [4.69, 9.17) is 5.84 Å². The summed E-state index contributed by atoms with van der Waals surface area (Å²) in [4.78, 5) is 8.10. The number of nitrogens with zero attached hydrogens (tertiary/aromatic N) is 3. The van der Waals surface area contributed by atoms with E-state index in [0.29, 0.717) is 0 Å². The number of hydrazine groups is 1. The second-order valence-corrected chi connectivity index (χ2v) is 5.41. The van der Waals surface area contributed by atoms with Crippen molar-refractivity contribution in [1.82, 2.24) is 9.88 Å². The molecule has 0 amide bonds. The Morgan fingerprint density at radius 3 is 2.71 bits per heavy atom. The maximum atomic E-state index is 12.9. The molecule has 0 bridgehead atoms. The first-order valence-electron chi connectivity index (χ1n) is 6.78. The van der Waals surface area contributed by atoms with Gasteiger partial charge in [0, 0.05) is 19.6 Å². The number of hydrogen-bond donors (Lipinski definition) is 2. The van der Waals surface area contributed by atoms with E-state index in [2.05, 4.69) is 15.3 Å². The third-order valence-corrected chi connectivity index (χ3v) is 3.80. The largest absolute Gasteiger partial charge is 0.416 e. The summed E-state index contributed by atoms with van der Waals surface area (Å²) in [5, 5.41) is 0. The van der Waals surface area contributed by atoms with Gasteiger partial charge in [-0.15, -0.1) is 0 Å². The van der Waals surface area contributed by atoms with Crippen molar-refractivity contribution in [3.63, 3.8) is 0 Å². The minimum atomic E-state index is -4.42. The molecule has 1 aliphatic rings. The van der Waals surface area contributed by atoms with Gasteiger partial charge in [0.15, 0.2) is 0 Å². The van der Waals surface area contributed by atoms with Gasteiger partial charge in [-0.3, -0.25) is 0 Å². The third-order valence-electron chi connectivity index (χ3n) is 3.80. The molecule has 1 aromatic heterocycles. The van der Waals surface area contributed by atoms with E-state index in [0.717, 1.165) is 38.1 Å². The molecule has 21 heavy (non-hydrogen) atoms. The first-order chi connectivity index (χ1) is 9.81. The summed E-state index contributed by atoms with van der Waals surface area (Å²) < 4.78 is 38.8. The molecule has 1 atom stereocenters. The highest BCUT2D eigenvalue weighted by Crippen LogP contribution is 2.33. The molecule has 1 saturated heterocycles. The summed E-state index contributed by atoms with van der Waals surface area (Å²) >= 11 is 0. The van der Waals surface area contributed by atoms with Crippen LogP contribution in [0.5, 0.6) is 0 Å². The Kier molecular flexibility index (Phi) is 4.58. The van der Waals surface area contributed by atoms with Crippen LogP contribution in [0.1, 0.15) is 18.4 Å². The molecule has 0 aliphatic carbocycles. The predicted molar refractivity (Wildman–Crippen MR) is 76.0 cm³/mol. The molecule has 2 rings (SSSR count). The van der Waals surface area contributed by atoms with Crippen molar-refractivity contribution >= 4 is 11.6 Å². The van der Waals surface area contributed by atoms with Gasteiger partial charge in [-0.25, -0.2) is 10.8 Å². The van der Waals surface area contributed by atoms with Crippen LogP contribution < -0.4 is 16.2 Å². The molecular weight excluding hydrogens is 283 g/mol. The number of anilines is 2. The number of rotatable bonds is 3. The highest BCUT2D eigenvalue weighted by Gasteiger charge is 2.32. The summed E-state index contributed by atoms with van der Waals surface area (Å²) in [5.74, 6) is 5.51. The minimum absolute atomic E-state index is 0.0100. The van der Waals surface area contributed by atoms with Gasteiger partial charge in [0.1, 0.15) is 11.6 Å². The van der Waals surface area contributed by atoms with Gasteiger partial charge in [0.05, 0.1) is 5.56 Å². The molecule has 1 unspecified atom stereocenters. The third kappa shape index (κ3) is 3.76. The van der Waals surface area contributed by atoms with Crippen LogP contribution in [0.15, 0.2) is 12.1 Å². The fraction of sp³-hybridized carbons (Fsp3) is 0.615. The van der Waals surface area contributed by atoms with Gasteiger partial charge in [-0.05, 0) is 38.6 Å². The number of nitrogen functional groups attached to an aromatic ring is 1. The van der Waals surface area contributed by atoms with Crippen LogP contribution >= 0.6 is 0 Å². The molecular formula is C13H20F3N5. The molecule has 2 heterocycles. The smallest absolute Gasteiger partial charge is 0.355 e. The zero-order valence-corrected chi connectivity index (χ0v) is 12.1. The average Bonchev–Trinajstić information content (AvgIpc) is 2.45. The van der Waals surface area contributed by atoms with Crippen molar-refractivity contribution in [2.45, 2.75) is 25.1 Å². The number of nitrogens with two attached hydrogens (primary N) is 1. The maximum Gasteiger partial charge on any atom is 0.416 e. The Morgan fingerprint density at radius 1 is 1.43 bits per heavy atom. The minimum Gasteiger partial charge on any atom is -0.355 e. The zero-order chi connectivity index (χ0) is 15.6. The Labute approximate surface area is 121 Å². The molecule has 1 fully saturated rings. The van der Waals surface area contributed by atoms with Crippen LogP contribution in [-0.2, 0) is 6.18 Å². The second-order valence-electron chi connectivity index (χ2n) is 5.41. The van der Waals surface area contributed by atoms with Crippen LogP contribution in [0.25, 0.3) is 0 Å². The first-order valence-corrected chi connectivity index (χ1v) is 6.78. The zero-order valence-electron chi connectivity index (χ0n) is 12.1. The molecule has 8 heteroatoms. The molecule has 118 valence electrons. The topological polar surface area (TPSA) is 57.4 Å². The lowest BCUT2D eigenvalue weighted by Gasteiger charge is -2.36. The monoisotopic (exact) mass is 303 g/mol. The number of alkyl halides is 3. The van der Waals surface area contributed by atoms with Crippen molar-refractivity contribution < 1.29 is 13.2 Å². The summed E-state index contributed by atoms with van der Waals surface area (Å²) in [6.07, 6.45) is -2.47. The van der Waals surface area contributed by atoms with E-state index in [1.165, 1.54) is 0 Å². The van der Waals surface area contributed by atoms with E-state index < -0.39 is 11.7 Å². The van der Waals surface area contributed by atoms with Crippen molar-refractivity contribution in [3.05, 3.63) is 17.7 Å². The number of likely N-dealkylation sites (tertiary alicyclic amines) is 1. The molecule has 0 spiro atoms. The maximum absolute atomic E-state index is 12.9. The van der Waals surface area contributed by atoms with Crippen LogP contribution in [0.3, 0.4) is 0 Å². The lowest BCUT2D eigenvalue weighted by molar-refractivity contribution is -0.137. The van der Waals surface area contributed by atoms with Gasteiger partial charge in [-0.2, -0.15) is 13.2 Å². The molecule has 1 aliphatic heterocycles. The van der Waals surface area contributed by atoms with Crippen molar-refractivity contribution in [3.8, 4) is 0 Å². The number of pyridine rings is 1. The first kappa shape index (κ1) is 15.8. The quantitative estimate of drug-likeness (QED) is 0.660. The summed E-state index contributed by atoms with van der Waals surface area (Å²) in [7, 11) is 3.78. The van der Waals surface area contributed by atoms with Crippen molar-refractivity contribution in [2.75, 3.05) is 37.5 Å². The van der Waals surface area contributed by atoms with E-state index in [1.807, 2.05) is 7.05 Å². The Balaban J connectivity index is 2.29. The van der Waals surface area contributed by atoms with E-state index in [9.17, 15) is 13.2 Å². The summed E-state index contributed by atoms with van der Waals surface area (Å²) in [5.41, 5.74) is 1.44. The fourth-order valence-electron chi connectivity index (χ4n) is 2.58. The Morgan fingerprint density at radius 2 is 2.14 bits per heavy atom. The predicted octanol–water partition coefficient (Wildman–Crippen LogP) is 1.92. The number of nitrogens with one attached hydrogen (secondary N) is 1. The number of halogens is 3. The molecule has 0 saturated carbocycles. The van der Waals surface area contributed by atoms with Crippen molar-refractivity contribution in [1.29, 1.82) is 0 Å². The lowest BCUT2D eigenvalue weighted by atomic mass is 10.0. The Bertz CT molecular complexity index is 491. The van der Waals surface area contributed by atoms with E-state index in [1.54, 1.807) is 11.9 Å². The van der Waals surface area contributed by atoms with Crippen LogP contribution in [0.2, 0.25) is 0 Å². The average molecular weight is 303 g/mol. The fourth-order valence-corrected chi connectivity index (χ4v) is 2.58. The highest BCUT2D eigenvalue weighted by atomic mass is 19.4.